The van der Waals surface area contributed by atoms with Crippen molar-refractivity contribution in [3.63, 3.8) is 0 Å². The summed E-state index contributed by atoms with van der Waals surface area (Å²) in [6.07, 6.45) is 14.4. The maximum atomic E-state index is 4.09. The monoisotopic (exact) mass is 266 g/mol. The van der Waals surface area contributed by atoms with Gasteiger partial charge in [-0.25, -0.2) is 0 Å². The van der Waals surface area contributed by atoms with Gasteiger partial charge in [0.1, 0.15) is 0 Å². The molecule has 0 aromatic carbocycles. The summed E-state index contributed by atoms with van der Waals surface area (Å²) >= 11 is 0. The van der Waals surface area contributed by atoms with Crippen LogP contribution in [0, 0.1) is 0 Å². The summed E-state index contributed by atoms with van der Waals surface area (Å²) in [5, 5.41) is 0. The summed E-state index contributed by atoms with van der Waals surface area (Å²) in [5.74, 6) is 0.933. The van der Waals surface area contributed by atoms with Gasteiger partial charge in [-0.3, -0.25) is 9.97 Å². The van der Waals surface area contributed by atoms with Gasteiger partial charge in [0.15, 0.2) is 0 Å². The highest BCUT2D eigenvalue weighted by Crippen LogP contribution is 2.25. The van der Waals surface area contributed by atoms with Gasteiger partial charge in [0.05, 0.1) is 0 Å². The van der Waals surface area contributed by atoms with Crippen molar-refractivity contribution in [2.45, 2.75) is 38.5 Å². The Morgan fingerprint density at radius 1 is 0.750 bits per heavy atom. The Morgan fingerprint density at radius 3 is 1.40 bits per heavy atom. The van der Waals surface area contributed by atoms with E-state index < -0.39 is 0 Å². The molecule has 0 aliphatic rings. The zero-order valence-electron chi connectivity index (χ0n) is 12.2. The molecule has 0 bridgehead atoms. The molecule has 0 fully saturated rings. The zero-order chi connectivity index (χ0) is 14.2. The minimum Gasteiger partial charge on any atom is -0.265 e. The Morgan fingerprint density at radius 2 is 1.10 bits per heavy atom. The fourth-order valence-electron chi connectivity index (χ4n) is 2.46. The van der Waals surface area contributed by atoms with E-state index in [4.69, 9.17) is 0 Å². The smallest absolute Gasteiger partial charge is 0.0270 e. The van der Waals surface area contributed by atoms with Gasteiger partial charge in [0, 0.05) is 36.6 Å². The zero-order valence-corrected chi connectivity index (χ0v) is 12.2. The molecule has 0 amide bonds. The van der Waals surface area contributed by atoms with Gasteiger partial charge in [0.2, 0.25) is 0 Å². The second-order valence-corrected chi connectivity index (χ2v) is 4.98. The second kappa shape index (κ2) is 7.59. The maximum Gasteiger partial charge on any atom is 0.0270 e. The number of allylic oxidation sites excluding steroid dienone is 2. The number of hydrogen-bond acceptors (Lipinski definition) is 2. The van der Waals surface area contributed by atoms with Gasteiger partial charge in [-0.15, -0.1) is 0 Å². The molecule has 0 spiro atoms. The highest BCUT2D eigenvalue weighted by molar-refractivity contribution is 5.25. The Balaban J connectivity index is 2.13. The third-order valence-electron chi connectivity index (χ3n) is 3.72. The number of rotatable bonds is 6. The average molecular weight is 266 g/mol. The van der Waals surface area contributed by atoms with E-state index in [2.05, 4.69) is 60.2 Å². The fourth-order valence-corrected chi connectivity index (χ4v) is 2.46. The van der Waals surface area contributed by atoms with E-state index in [1.54, 1.807) is 0 Å². The lowest BCUT2D eigenvalue weighted by Gasteiger charge is -2.14. The lowest BCUT2D eigenvalue weighted by atomic mass is 9.92. The van der Waals surface area contributed by atoms with Crippen LogP contribution in [0.1, 0.15) is 49.7 Å². The molecule has 2 aromatic heterocycles. The number of nitrogens with zero attached hydrogens (tertiary/aromatic N) is 2. The van der Waals surface area contributed by atoms with Crippen LogP contribution in [0.3, 0.4) is 0 Å². The largest absolute Gasteiger partial charge is 0.265 e. The first-order valence-electron chi connectivity index (χ1n) is 7.33. The van der Waals surface area contributed by atoms with Crippen LogP contribution in [0.2, 0.25) is 0 Å². The van der Waals surface area contributed by atoms with E-state index in [9.17, 15) is 0 Å². The molecular formula is C18H22N2. The Labute approximate surface area is 121 Å². The summed E-state index contributed by atoms with van der Waals surface area (Å²) in [7, 11) is 0. The molecule has 2 heterocycles. The van der Waals surface area contributed by atoms with Crippen LogP contribution < -0.4 is 0 Å². The van der Waals surface area contributed by atoms with Gasteiger partial charge in [-0.05, 0) is 48.2 Å². The first kappa shape index (κ1) is 14.4. The minimum atomic E-state index is 0.467. The first-order chi connectivity index (χ1) is 9.85. The van der Waals surface area contributed by atoms with Crippen LogP contribution in [-0.2, 0) is 0 Å². The molecule has 2 rings (SSSR count). The van der Waals surface area contributed by atoms with E-state index in [0.29, 0.717) is 11.8 Å². The number of pyridine rings is 2. The van der Waals surface area contributed by atoms with Crippen molar-refractivity contribution < 1.29 is 0 Å². The van der Waals surface area contributed by atoms with Gasteiger partial charge in [0.25, 0.3) is 0 Å². The highest BCUT2D eigenvalue weighted by Gasteiger charge is 2.08. The maximum absolute atomic E-state index is 4.09. The van der Waals surface area contributed by atoms with E-state index in [0.717, 1.165) is 12.8 Å². The highest BCUT2D eigenvalue weighted by atomic mass is 14.6. The van der Waals surface area contributed by atoms with E-state index in [1.165, 1.54) is 11.1 Å². The molecule has 2 unspecified atom stereocenters. The van der Waals surface area contributed by atoms with Crippen molar-refractivity contribution >= 4 is 0 Å². The molecule has 0 radical (unpaired) electrons. The van der Waals surface area contributed by atoms with E-state index in [1.807, 2.05) is 24.8 Å². The molecule has 0 saturated heterocycles. The van der Waals surface area contributed by atoms with Crippen molar-refractivity contribution in [2.75, 3.05) is 0 Å². The molecule has 2 nitrogen and oxygen atoms in total. The van der Waals surface area contributed by atoms with Crippen LogP contribution in [0.5, 0.6) is 0 Å². The Kier molecular flexibility index (Phi) is 5.48. The molecule has 104 valence electrons. The van der Waals surface area contributed by atoms with E-state index in [-0.39, 0.29) is 0 Å². The van der Waals surface area contributed by atoms with Gasteiger partial charge >= 0.3 is 0 Å². The van der Waals surface area contributed by atoms with Crippen LogP contribution in [-0.4, -0.2) is 9.97 Å². The van der Waals surface area contributed by atoms with Crippen LogP contribution in [0.25, 0.3) is 0 Å². The Hall–Kier alpha value is -1.96. The SMILES string of the molecule is CCC(C=CC(CC)c1ccncc1)c1ccncc1. The summed E-state index contributed by atoms with van der Waals surface area (Å²) in [5.41, 5.74) is 2.67. The summed E-state index contributed by atoms with van der Waals surface area (Å²) in [4.78, 5) is 8.18. The van der Waals surface area contributed by atoms with Crippen molar-refractivity contribution in [3.8, 4) is 0 Å². The van der Waals surface area contributed by atoms with Crippen molar-refractivity contribution in [3.05, 3.63) is 72.3 Å². The normalized spacial score (nSPS) is 14.3. The molecule has 20 heavy (non-hydrogen) atoms. The molecule has 2 heteroatoms. The molecular weight excluding hydrogens is 244 g/mol. The molecule has 2 atom stereocenters. The fraction of sp³-hybridized carbons (Fsp3) is 0.333. The van der Waals surface area contributed by atoms with Crippen LogP contribution in [0.4, 0.5) is 0 Å². The Bertz CT molecular complexity index is 470. The minimum absolute atomic E-state index is 0.467. The van der Waals surface area contributed by atoms with Crippen molar-refractivity contribution in [1.29, 1.82) is 0 Å². The predicted octanol–water partition coefficient (Wildman–Crippen LogP) is 4.72. The predicted molar refractivity (Wildman–Crippen MR) is 83.7 cm³/mol. The van der Waals surface area contributed by atoms with Gasteiger partial charge in [-0.1, -0.05) is 26.0 Å². The average Bonchev–Trinajstić information content (AvgIpc) is 2.53. The molecule has 0 aliphatic carbocycles. The third-order valence-corrected chi connectivity index (χ3v) is 3.72. The van der Waals surface area contributed by atoms with Gasteiger partial charge in [-0.2, -0.15) is 0 Å². The van der Waals surface area contributed by atoms with Crippen molar-refractivity contribution in [1.82, 2.24) is 9.97 Å². The quantitative estimate of drug-likeness (QED) is 0.707. The lowest BCUT2D eigenvalue weighted by Crippen LogP contribution is -1.97. The van der Waals surface area contributed by atoms with Crippen molar-refractivity contribution in [2.24, 2.45) is 0 Å². The van der Waals surface area contributed by atoms with Gasteiger partial charge < -0.3 is 0 Å². The third kappa shape index (κ3) is 3.77. The van der Waals surface area contributed by atoms with E-state index >= 15 is 0 Å². The topological polar surface area (TPSA) is 25.8 Å². The number of hydrogen-bond donors (Lipinski definition) is 0. The summed E-state index contributed by atoms with van der Waals surface area (Å²) in [6, 6.07) is 8.41. The second-order valence-electron chi connectivity index (χ2n) is 4.98. The molecule has 0 saturated carbocycles. The molecule has 0 aliphatic heterocycles. The van der Waals surface area contributed by atoms with Crippen LogP contribution in [0.15, 0.2) is 61.2 Å². The lowest BCUT2D eigenvalue weighted by molar-refractivity contribution is 0.765. The van der Waals surface area contributed by atoms with Crippen LogP contribution >= 0.6 is 0 Å². The first-order valence-corrected chi connectivity index (χ1v) is 7.33. The summed E-state index contributed by atoms with van der Waals surface area (Å²) < 4.78 is 0. The standard InChI is InChI=1S/C18H22N2/c1-3-15(17-7-11-19-12-8-17)5-6-16(4-2)18-9-13-20-14-10-18/h5-16H,3-4H2,1-2H3. The molecule has 2 aromatic rings. The summed E-state index contributed by atoms with van der Waals surface area (Å²) in [6.45, 7) is 4.45. The number of aromatic nitrogens is 2. The molecule has 0 N–H and O–H groups in total.